The van der Waals surface area contributed by atoms with Gasteiger partial charge in [-0.15, -0.1) is 0 Å². The molecule has 8 nitrogen and oxygen atoms in total. The number of H-pyrrole nitrogens is 2. The fraction of sp³-hybridized carbons (Fsp3) is 0.0476. The van der Waals surface area contributed by atoms with Crippen molar-refractivity contribution in [3.63, 3.8) is 0 Å². The zero-order chi connectivity index (χ0) is 20.1. The highest BCUT2D eigenvalue weighted by Gasteiger charge is 2.15. The van der Waals surface area contributed by atoms with Gasteiger partial charge in [-0.25, -0.2) is 9.78 Å². The molecule has 0 aliphatic rings. The minimum Gasteiger partial charge on any atom is -0.361 e. The number of rotatable bonds is 2. The van der Waals surface area contributed by atoms with Crippen molar-refractivity contribution in [1.82, 2.24) is 19.4 Å². The number of pyridine rings is 1. The van der Waals surface area contributed by atoms with Crippen LogP contribution >= 0.6 is 0 Å². The first-order valence-corrected chi connectivity index (χ1v) is 8.89. The van der Waals surface area contributed by atoms with Gasteiger partial charge in [0.1, 0.15) is 6.07 Å². The molecule has 0 spiro atoms. The van der Waals surface area contributed by atoms with Gasteiger partial charge < -0.3 is 15.3 Å². The molecule has 8 heteroatoms. The number of nitriles is 1. The van der Waals surface area contributed by atoms with Gasteiger partial charge in [0.15, 0.2) is 5.65 Å². The third-order valence-corrected chi connectivity index (χ3v) is 5.01. The van der Waals surface area contributed by atoms with E-state index in [0.717, 1.165) is 0 Å². The van der Waals surface area contributed by atoms with Gasteiger partial charge in [0.25, 0.3) is 5.56 Å². The van der Waals surface area contributed by atoms with E-state index in [2.05, 4.69) is 26.3 Å². The van der Waals surface area contributed by atoms with Crippen LogP contribution in [0.3, 0.4) is 0 Å². The number of aromatic amines is 2. The largest absolute Gasteiger partial charge is 0.361 e. The Morgan fingerprint density at radius 3 is 2.76 bits per heavy atom. The molecule has 5 aromatic rings. The fourth-order valence-electron chi connectivity index (χ4n) is 3.56. The molecule has 0 unspecified atom stereocenters. The number of imidazole rings is 2. The van der Waals surface area contributed by atoms with Crippen molar-refractivity contribution in [1.29, 1.82) is 5.26 Å². The molecule has 0 aliphatic heterocycles. The van der Waals surface area contributed by atoms with Crippen LogP contribution in [0.25, 0.3) is 33.9 Å². The number of aromatic nitrogens is 4. The lowest BCUT2D eigenvalue weighted by Gasteiger charge is -2.04. The van der Waals surface area contributed by atoms with Crippen LogP contribution in [0.2, 0.25) is 0 Å². The first-order chi connectivity index (χ1) is 14.1. The van der Waals surface area contributed by atoms with Gasteiger partial charge in [0, 0.05) is 11.9 Å². The lowest BCUT2D eigenvalue weighted by Crippen LogP contribution is -2.34. The molecule has 0 amide bonds. The first kappa shape index (κ1) is 16.8. The number of hydrogen-bond acceptors (Lipinski definition) is 5. The number of nitrogens with one attached hydrogen (secondary N) is 3. The Balaban J connectivity index is 1.74. The Kier molecular flexibility index (Phi) is 3.51. The highest BCUT2D eigenvalue weighted by molar-refractivity contribution is 5.83. The molecular formula is C21H14N6O2. The zero-order valence-corrected chi connectivity index (χ0v) is 15.3. The molecule has 140 valence electrons. The van der Waals surface area contributed by atoms with Gasteiger partial charge in [0.05, 0.1) is 32.8 Å². The predicted octanol–water partition coefficient (Wildman–Crippen LogP) is 1.77. The summed E-state index contributed by atoms with van der Waals surface area (Å²) in [5, 5.41) is 13.2. The average molecular weight is 382 g/mol. The highest BCUT2D eigenvalue weighted by Crippen LogP contribution is 2.18. The Bertz CT molecular complexity index is 1650. The van der Waals surface area contributed by atoms with Crippen molar-refractivity contribution in [2.45, 2.75) is 6.92 Å². The summed E-state index contributed by atoms with van der Waals surface area (Å²) in [5.74, 6) is 0. The first-order valence-electron chi connectivity index (χ1n) is 8.89. The highest BCUT2D eigenvalue weighted by atomic mass is 16.1. The van der Waals surface area contributed by atoms with Crippen LogP contribution in [0.1, 0.15) is 11.1 Å². The average Bonchev–Trinajstić information content (AvgIpc) is 3.27. The van der Waals surface area contributed by atoms with E-state index in [9.17, 15) is 14.9 Å². The van der Waals surface area contributed by atoms with Gasteiger partial charge >= 0.3 is 5.69 Å². The van der Waals surface area contributed by atoms with Crippen LogP contribution in [-0.2, 0) is 0 Å². The van der Waals surface area contributed by atoms with Gasteiger partial charge in [-0.05, 0) is 42.8 Å². The second-order valence-corrected chi connectivity index (χ2v) is 6.72. The maximum Gasteiger partial charge on any atom is 0.323 e. The smallest absolute Gasteiger partial charge is 0.323 e. The van der Waals surface area contributed by atoms with Crippen LogP contribution < -0.4 is 21.8 Å². The number of para-hydroxylation sites is 2. The quantitative estimate of drug-likeness (QED) is 0.430. The molecule has 0 saturated heterocycles. The van der Waals surface area contributed by atoms with Crippen molar-refractivity contribution >= 4 is 39.6 Å². The minimum atomic E-state index is -0.282. The summed E-state index contributed by atoms with van der Waals surface area (Å²) in [6.45, 7) is 1.74. The van der Waals surface area contributed by atoms with E-state index in [0.29, 0.717) is 49.7 Å². The number of fused-ring (bicyclic) bond motifs is 4. The number of nitrogens with zero attached hydrogens (tertiary/aromatic N) is 3. The van der Waals surface area contributed by atoms with E-state index in [4.69, 9.17) is 0 Å². The standard InChI is InChI=1S/C21H14N6O2/c1-11-13(9-22)19-24-16-4-2-3-5-18(16)27(19)20(28)14(11)10-23-12-6-7-15-17(8-12)26-21(29)25-15/h2-8,10,23H,1H3,(H2,25,26,29)/b14-10+. The van der Waals surface area contributed by atoms with E-state index in [1.54, 1.807) is 37.4 Å². The number of anilines is 1. The van der Waals surface area contributed by atoms with Crippen molar-refractivity contribution in [2.24, 2.45) is 0 Å². The Morgan fingerprint density at radius 2 is 1.93 bits per heavy atom. The third-order valence-electron chi connectivity index (χ3n) is 5.01. The lowest BCUT2D eigenvalue weighted by molar-refractivity contribution is 1.10. The summed E-state index contributed by atoms with van der Waals surface area (Å²) in [6.07, 6.45) is 1.58. The summed E-state index contributed by atoms with van der Waals surface area (Å²) in [5.41, 5.74) is 4.10. The van der Waals surface area contributed by atoms with Gasteiger partial charge in [-0.1, -0.05) is 12.1 Å². The van der Waals surface area contributed by atoms with E-state index < -0.39 is 0 Å². The molecular weight excluding hydrogens is 368 g/mol. The molecule has 2 aromatic carbocycles. The fourth-order valence-corrected chi connectivity index (χ4v) is 3.56. The van der Waals surface area contributed by atoms with E-state index in [1.165, 1.54) is 4.40 Å². The lowest BCUT2D eigenvalue weighted by atomic mass is 10.1. The minimum absolute atomic E-state index is 0.256. The number of benzene rings is 2. The second kappa shape index (κ2) is 6.07. The monoisotopic (exact) mass is 382 g/mol. The maximum absolute atomic E-state index is 13.2. The van der Waals surface area contributed by atoms with Crippen LogP contribution in [0.4, 0.5) is 5.69 Å². The van der Waals surface area contributed by atoms with Gasteiger partial charge in [-0.3, -0.25) is 9.20 Å². The summed E-state index contributed by atoms with van der Waals surface area (Å²) < 4.78 is 1.47. The molecule has 3 heterocycles. The topological polar surface area (TPSA) is 119 Å². The van der Waals surface area contributed by atoms with Crippen LogP contribution in [0.15, 0.2) is 52.1 Å². The predicted molar refractivity (Wildman–Crippen MR) is 111 cm³/mol. The van der Waals surface area contributed by atoms with Gasteiger partial charge in [-0.2, -0.15) is 5.26 Å². The normalized spacial score (nSPS) is 12.1. The third kappa shape index (κ3) is 2.49. The van der Waals surface area contributed by atoms with Crippen molar-refractivity contribution in [3.8, 4) is 6.07 Å². The van der Waals surface area contributed by atoms with Crippen molar-refractivity contribution < 1.29 is 0 Å². The molecule has 0 fully saturated rings. The van der Waals surface area contributed by atoms with Crippen LogP contribution in [0, 0.1) is 18.3 Å². The molecule has 3 aromatic heterocycles. The second-order valence-electron chi connectivity index (χ2n) is 6.72. The van der Waals surface area contributed by atoms with E-state index >= 15 is 0 Å². The summed E-state index contributed by atoms with van der Waals surface area (Å²) in [6, 6.07) is 14.8. The Labute approximate surface area is 162 Å². The molecule has 0 aliphatic carbocycles. The van der Waals surface area contributed by atoms with Crippen molar-refractivity contribution in [3.05, 3.63) is 79.6 Å². The molecule has 0 bridgehead atoms. The number of hydrogen-bond donors (Lipinski definition) is 3. The summed E-state index contributed by atoms with van der Waals surface area (Å²) in [7, 11) is 0. The van der Waals surface area contributed by atoms with Crippen LogP contribution in [0.5, 0.6) is 0 Å². The maximum atomic E-state index is 13.2. The molecule has 0 atom stereocenters. The summed E-state index contributed by atoms with van der Waals surface area (Å²) in [4.78, 5) is 34.5. The van der Waals surface area contributed by atoms with E-state index in [-0.39, 0.29) is 11.2 Å². The molecule has 0 saturated carbocycles. The van der Waals surface area contributed by atoms with Crippen molar-refractivity contribution in [2.75, 3.05) is 5.32 Å². The Hall–Kier alpha value is -4.38. The Morgan fingerprint density at radius 1 is 1.14 bits per heavy atom. The summed E-state index contributed by atoms with van der Waals surface area (Å²) >= 11 is 0. The zero-order valence-electron chi connectivity index (χ0n) is 15.3. The van der Waals surface area contributed by atoms with Crippen LogP contribution in [-0.4, -0.2) is 19.4 Å². The van der Waals surface area contributed by atoms with Gasteiger partial charge in [0.2, 0.25) is 0 Å². The van der Waals surface area contributed by atoms with E-state index in [1.807, 2.05) is 18.2 Å². The molecule has 3 N–H and O–H groups in total. The molecule has 0 radical (unpaired) electrons. The molecule has 5 rings (SSSR count). The molecule has 29 heavy (non-hydrogen) atoms. The SMILES string of the molecule is Cc1c(C#N)c2nc3ccccc3n2c(=O)/c1=C/Nc1ccc2[nH]c(=O)[nH]c2c1.